The van der Waals surface area contributed by atoms with Crippen LogP contribution in [0.5, 0.6) is 0 Å². The monoisotopic (exact) mass is 576 g/mol. The van der Waals surface area contributed by atoms with Crippen LogP contribution in [0.1, 0.15) is 56.4 Å². The maximum atomic E-state index is 13.5. The molecule has 0 radical (unpaired) electrons. The SMILES string of the molecule is CC[C@@]1(O)C(=O)OCc2c1cc1n(c2=O)Cc2c-1nc1ccc(NC(=O)CNC(=O)OC(C)(C)C)c3c1c2C=CS3. The zero-order valence-corrected chi connectivity index (χ0v) is 23.7. The highest BCUT2D eigenvalue weighted by molar-refractivity contribution is 8.02. The quantitative estimate of drug-likeness (QED) is 0.310. The second-order valence-electron chi connectivity index (χ2n) is 11.1. The van der Waals surface area contributed by atoms with Crippen molar-refractivity contribution in [2.75, 3.05) is 11.9 Å². The number of anilines is 1. The van der Waals surface area contributed by atoms with Crippen LogP contribution in [0.3, 0.4) is 0 Å². The summed E-state index contributed by atoms with van der Waals surface area (Å²) in [5.74, 6) is -1.18. The van der Waals surface area contributed by atoms with E-state index in [2.05, 4.69) is 10.6 Å². The minimum absolute atomic E-state index is 0.0656. The fourth-order valence-corrected chi connectivity index (χ4v) is 6.33. The van der Waals surface area contributed by atoms with Gasteiger partial charge in [0.05, 0.1) is 34.7 Å². The fourth-order valence-electron chi connectivity index (χ4n) is 5.41. The summed E-state index contributed by atoms with van der Waals surface area (Å²) in [5, 5.41) is 19.2. The molecule has 212 valence electrons. The molecule has 12 heteroatoms. The van der Waals surface area contributed by atoms with E-state index in [1.165, 1.54) is 11.8 Å². The van der Waals surface area contributed by atoms with Crippen LogP contribution in [-0.4, -0.2) is 44.8 Å². The molecule has 41 heavy (non-hydrogen) atoms. The summed E-state index contributed by atoms with van der Waals surface area (Å²) in [6.07, 6.45) is 1.34. The lowest BCUT2D eigenvalue weighted by atomic mass is 9.86. The molecule has 3 N–H and O–H groups in total. The molecule has 3 aliphatic rings. The first-order chi connectivity index (χ1) is 19.4. The molecule has 1 atom stereocenters. The molecule has 0 aliphatic carbocycles. The van der Waals surface area contributed by atoms with Gasteiger partial charge in [0.2, 0.25) is 5.91 Å². The molecular formula is C29H28N4O7S. The van der Waals surface area contributed by atoms with E-state index in [9.17, 15) is 24.3 Å². The summed E-state index contributed by atoms with van der Waals surface area (Å²) in [4.78, 5) is 56.3. The van der Waals surface area contributed by atoms with Crippen molar-refractivity contribution < 1.29 is 29.0 Å². The van der Waals surface area contributed by atoms with Crippen molar-refractivity contribution >= 4 is 52.4 Å². The highest BCUT2D eigenvalue weighted by Gasteiger charge is 2.45. The Hall–Kier alpha value is -4.16. The van der Waals surface area contributed by atoms with E-state index in [0.717, 1.165) is 21.4 Å². The summed E-state index contributed by atoms with van der Waals surface area (Å²) in [7, 11) is 0. The van der Waals surface area contributed by atoms with E-state index >= 15 is 0 Å². The van der Waals surface area contributed by atoms with Crippen LogP contribution < -0.4 is 16.2 Å². The number of hydrogen-bond donors (Lipinski definition) is 3. The average Bonchev–Trinajstić information content (AvgIpc) is 3.30. The van der Waals surface area contributed by atoms with E-state index < -0.39 is 29.2 Å². The van der Waals surface area contributed by atoms with Crippen LogP contribution >= 0.6 is 11.8 Å². The second-order valence-corrected chi connectivity index (χ2v) is 12.0. The minimum atomic E-state index is -1.90. The van der Waals surface area contributed by atoms with E-state index in [1.54, 1.807) is 50.5 Å². The van der Waals surface area contributed by atoms with Crippen molar-refractivity contribution in [3.8, 4) is 11.4 Å². The number of pyridine rings is 2. The van der Waals surface area contributed by atoms with E-state index in [-0.39, 0.29) is 42.8 Å². The topological polar surface area (TPSA) is 149 Å². The standard InChI is InChI=1S/C29H28N4O7S/c1-5-29(38)17-10-20-23-15(12-33(20)25(35)16(17)13-39-26(29)36)14-8-9-41-24-19(7-6-18(32-23)22(14)24)31-21(34)11-30-27(37)40-28(2,3)4/h6-10,38H,5,11-13H2,1-4H3,(H,30,37)(H,31,34)/t29-/m0/s1. The predicted octanol–water partition coefficient (Wildman–Crippen LogP) is 3.62. The van der Waals surface area contributed by atoms with Crippen LogP contribution in [0, 0.1) is 0 Å². The first kappa shape index (κ1) is 27.0. The summed E-state index contributed by atoms with van der Waals surface area (Å²) in [5.41, 5.74) is 1.70. The number of ether oxygens (including phenoxy) is 2. The highest BCUT2D eigenvalue weighted by Crippen LogP contribution is 2.46. The first-order valence-corrected chi connectivity index (χ1v) is 14.1. The van der Waals surface area contributed by atoms with E-state index in [1.807, 2.05) is 11.5 Å². The number of nitrogens with one attached hydrogen (secondary N) is 2. The molecule has 11 nitrogen and oxygen atoms in total. The number of cyclic esters (lactones) is 1. The molecular weight excluding hydrogens is 548 g/mol. The maximum absolute atomic E-state index is 13.5. The van der Waals surface area contributed by atoms with Gasteiger partial charge in [0, 0.05) is 21.4 Å². The van der Waals surface area contributed by atoms with E-state index in [4.69, 9.17) is 14.5 Å². The molecule has 2 aromatic heterocycles. The Morgan fingerprint density at radius 1 is 1.24 bits per heavy atom. The number of thioether (sulfide) groups is 1. The maximum Gasteiger partial charge on any atom is 0.408 e. The number of benzene rings is 1. The van der Waals surface area contributed by atoms with Gasteiger partial charge >= 0.3 is 12.1 Å². The van der Waals surface area contributed by atoms with Gasteiger partial charge in [0.15, 0.2) is 5.60 Å². The number of fused-ring (bicyclic) bond motifs is 5. The van der Waals surface area contributed by atoms with Gasteiger partial charge in [0.1, 0.15) is 18.8 Å². The smallest absolute Gasteiger partial charge is 0.408 e. The van der Waals surface area contributed by atoms with Crippen molar-refractivity contribution in [2.45, 2.75) is 63.4 Å². The highest BCUT2D eigenvalue weighted by atomic mass is 32.2. The van der Waals surface area contributed by atoms with Gasteiger partial charge < -0.3 is 29.8 Å². The van der Waals surface area contributed by atoms with Crippen molar-refractivity contribution in [2.24, 2.45) is 0 Å². The van der Waals surface area contributed by atoms with E-state index in [0.29, 0.717) is 22.6 Å². The number of esters is 1. The predicted molar refractivity (Wildman–Crippen MR) is 152 cm³/mol. The van der Waals surface area contributed by atoms with Gasteiger partial charge in [0.25, 0.3) is 5.56 Å². The van der Waals surface area contributed by atoms with Crippen molar-refractivity contribution in [1.29, 1.82) is 0 Å². The number of carbonyl (C=O) groups is 3. The summed E-state index contributed by atoms with van der Waals surface area (Å²) < 4.78 is 11.9. The lowest BCUT2D eigenvalue weighted by molar-refractivity contribution is -0.172. The Morgan fingerprint density at radius 2 is 2.02 bits per heavy atom. The molecule has 2 amide bonds. The van der Waals surface area contributed by atoms with Crippen LogP contribution in [0.4, 0.5) is 10.5 Å². The number of aliphatic hydroxyl groups is 1. The fraction of sp³-hybridized carbons (Fsp3) is 0.345. The molecule has 0 bridgehead atoms. The lowest BCUT2D eigenvalue weighted by Gasteiger charge is -2.31. The third-order valence-corrected chi connectivity index (χ3v) is 8.27. The van der Waals surface area contributed by atoms with Gasteiger partial charge in [-0.2, -0.15) is 0 Å². The molecule has 5 heterocycles. The number of hydrogen-bond acceptors (Lipinski definition) is 9. The third kappa shape index (κ3) is 4.38. The molecule has 0 saturated carbocycles. The molecule has 6 rings (SSSR count). The molecule has 0 saturated heterocycles. The van der Waals surface area contributed by atoms with Gasteiger partial charge in [-0.15, -0.1) is 0 Å². The molecule has 3 aromatic rings. The lowest BCUT2D eigenvalue weighted by Crippen LogP contribution is -2.44. The summed E-state index contributed by atoms with van der Waals surface area (Å²) in [6, 6.07) is 5.23. The molecule has 1 aromatic carbocycles. The zero-order valence-electron chi connectivity index (χ0n) is 22.9. The Bertz CT molecular complexity index is 1770. The molecule has 0 spiro atoms. The van der Waals surface area contributed by atoms with Gasteiger partial charge in [-0.1, -0.05) is 18.7 Å². The first-order valence-electron chi connectivity index (χ1n) is 13.2. The normalized spacial score (nSPS) is 18.3. The summed E-state index contributed by atoms with van der Waals surface area (Å²) in [6.45, 7) is 6.69. The average molecular weight is 577 g/mol. The van der Waals surface area contributed by atoms with Gasteiger partial charge in [-0.25, -0.2) is 14.6 Å². The molecule has 3 aliphatic heterocycles. The van der Waals surface area contributed by atoms with Crippen LogP contribution in [0.15, 0.2) is 33.3 Å². The Kier molecular flexibility index (Phi) is 6.23. The van der Waals surface area contributed by atoms with Crippen LogP contribution in [0.25, 0.3) is 28.4 Å². The van der Waals surface area contributed by atoms with Crippen LogP contribution in [-0.2, 0) is 37.8 Å². The Balaban J connectivity index is 1.37. The van der Waals surface area contributed by atoms with Crippen LogP contribution in [0.2, 0.25) is 0 Å². The number of alkyl carbamates (subject to hydrolysis) is 1. The minimum Gasteiger partial charge on any atom is -0.458 e. The third-order valence-electron chi connectivity index (χ3n) is 7.34. The van der Waals surface area contributed by atoms with Crippen molar-refractivity contribution in [1.82, 2.24) is 14.9 Å². The zero-order chi connectivity index (χ0) is 29.3. The number of amides is 2. The number of nitrogens with zero attached hydrogens (tertiary/aromatic N) is 2. The Morgan fingerprint density at radius 3 is 2.76 bits per heavy atom. The van der Waals surface area contributed by atoms with Crippen molar-refractivity contribution in [3.05, 3.63) is 56.2 Å². The molecule has 0 unspecified atom stereocenters. The molecule has 0 fully saturated rings. The van der Waals surface area contributed by atoms with Gasteiger partial charge in [-0.3, -0.25) is 9.59 Å². The second kappa shape index (κ2) is 9.45. The van der Waals surface area contributed by atoms with Crippen molar-refractivity contribution in [3.63, 3.8) is 0 Å². The van der Waals surface area contributed by atoms with Gasteiger partial charge in [-0.05, 0) is 62.4 Å². The Labute approximate surface area is 238 Å². The summed E-state index contributed by atoms with van der Waals surface area (Å²) >= 11 is 1.43. The number of aromatic nitrogens is 2. The number of rotatable bonds is 4. The number of carbonyl (C=O) groups excluding carboxylic acids is 3. The largest absolute Gasteiger partial charge is 0.458 e.